The lowest BCUT2D eigenvalue weighted by atomic mass is 9.89. The van der Waals surface area contributed by atoms with Gasteiger partial charge in [0.25, 0.3) is 0 Å². The lowest BCUT2D eigenvalue weighted by molar-refractivity contribution is 0.484. The summed E-state index contributed by atoms with van der Waals surface area (Å²) < 4.78 is 2.63. The maximum Gasteiger partial charge on any atom is 0.156 e. The molecule has 0 bridgehead atoms. The van der Waals surface area contributed by atoms with Gasteiger partial charge in [0.2, 0.25) is 0 Å². The topological polar surface area (TPSA) is 54.0 Å². The zero-order valence-corrected chi connectivity index (χ0v) is 11.2. The summed E-state index contributed by atoms with van der Waals surface area (Å²) in [5, 5.41) is 13.6. The third kappa shape index (κ3) is 1.40. The predicted octanol–water partition coefficient (Wildman–Crippen LogP) is 2.78. The van der Waals surface area contributed by atoms with Crippen molar-refractivity contribution < 1.29 is 0 Å². The lowest BCUT2D eigenvalue weighted by Gasteiger charge is -2.18. The summed E-state index contributed by atoms with van der Waals surface area (Å²) in [4.78, 5) is 4.36. The third-order valence-electron chi connectivity index (χ3n) is 3.37. The Morgan fingerprint density at radius 1 is 1.59 bits per heavy atom. The average molecular weight is 291 g/mol. The summed E-state index contributed by atoms with van der Waals surface area (Å²) in [6.07, 6.45) is 2.65. The van der Waals surface area contributed by atoms with Crippen LogP contribution in [0, 0.1) is 11.3 Å². The molecule has 2 aromatic rings. The monoisotopic (exact) mass is 290 g/mol. The smallest absolute Gasteiger partial charge is 0.156 e. The molecule has 1 unspecified atom stereocenters. The van der Waals surface area contributed by atoms with E-state index in [-0.39, 0.29) is 11.3 Å². The van der Waals surface area contributed by atoms with Crippen LogP contribution in [0.2, 0.25) is 0 Å². The Morgan fingerprint density at radius 3 is 3.06 bits per heavy atom. The van der Waals surface area contributed by atoms with Crippen molar-refractivity contribution in [3.63, 3.8) is 0 Å². The zero-order chi connectivity index (χ0) is 12.2. The quantitative estimate of drug-likeness (QED) is 0.750. The van der Waals surface area contributed by atoms with Crippen molar-refractivity contribution in [2.75, 3.05) is 0 Å². The Bertz CT molecular complexity index is 650. The van der Waals surface area contributed by atoms with Gasteiger partial charge in [-0.3, -0.25) is 0 Å². The van der Waals surface area contributed by atoms with Crippen LogP contribution in [-0.4, -0.2) is 14.6 Å². The van der Waals surface area contributed by atoms with Gasteiger partial charge in [-0.2, -0.15) is 10.4 Å². The normalized spacial score (nSPS) is 21.4. The first-order valence-corrected chi connectivity index (χ1v) is 6.26. The molecule has 17 heavy (non-hydrogen) atoms. The molecule has 1 aliphatic carbocycles. The lowest BCUT2D eigenvalue weighted by Crippen LogP contribution is -2.17. The summed E-state index contributed by atoms with van der Waals surface area (Å²) in [7, 11) is 0. The van der Waals surface area contributed by atoms with E-state index in [9.17, 15) is 5.26 Å². The van der Waals surface area contributed by atoms with Crippen molar-refractivity contribution in [2.24, 2.45) is 0 Å². The van der Waals surface area contributed by atoms with E-state index in [1.807, 2.05) is 16.8 Å². The van der Waals surface area contributed by atoms with E-state index in [2.05, 4.69) is 45.9 Å². The molecule has 0 amide bonds. The van der Waals surface area contributed by atoms with Crippen LogP contribution in [0.5, 0.6) is 0 Å². The van der Waals surface area contributed by atoms with Gasteiger partial charge in [-0.15, -0.1) is 0 Å². The number of halogens is 1. The molecule has 86 valence electrons. The van der Waals surface area contributed by atoms with Gasteiger partial charge in [-0.1, -0.05) is 13.8 Å². The highest BCUT2D eigenvalue weighted by Crippen LogP contribution is 2.45. The van der Waals surface area contributed by atoms with Crippen LogP contribution in [0.3, 0.4) is 0 Å². The van der Waals surface area contributed by atoms with Crippen LogP contribution >= 0.6 is 15.9 Å². The SMILES string of the molecule is CC1(C)CC(C#N)c2cnc3cc(Br)nn3c21. The Hall–Kier alpha value is -1.41. The molecule has 2 heterocycles. The van der Waals surface area contributed by atoms with E-state index < -0.39 is 0 Å². The molecule has 2 aromatic heterocycles. The number of rotatable bonds is 0. The fourth-order valence-electron chi connectivity index (χ4n) is 2.68. The molecule has 0 aliphatic heterocycles. The molecule has 3 rings (SSSR count). The van der Waals surface area contributed by atoms with Crippen LogP contribution in [0.4, 0.5) is 0 Å². The molecule has 1 atom stereocenters. The third-order valence-corrected chi connectivity index (χ3v) is 3.76. The first kappa shape index (κ1) is 10.7. The van der Waals surface area contributed by atoms with Crippen molar-refractivity contribution in [1.29, 1.82) is 5.26 Å². The molecule has 0 aromatic carbocycles. The summed E-state index contributed by atoms with van der Waals surface area (Å²) in [5.41, 5.74) is 2.91. The van der Waals surface area contributed by atoms with E-state index in [4.69, 9.17) is 0 Å². The number of nitrogens with zero attached hydrogens (tertiary/aromatic N) is 4. The highest BCUT2D eigenvalue weighted by molar-refractivity contribution is 9.10. The van der Waals surface area contributed by atoms with Crippen molar-refractivity contribution in [1.82, 2.24) is 14.6 Å². The molecular weight excluding hydrogens is 280 g/mol. The molecular formula is C12H11BrN4. The van der Waals surface area contributed by atoms with Crippen molar-refractivity contribution >= 4 is 21.6 Å². The van der Waals surface area contributed by atoms with Gasteiger partial charge in [-0.25, -0.2) is 9.50 Å². The summed E-state index contributed by atoms with van der Waals surface area (Å²) in [6, 6.07) is 4.24. The molecule has 0 N–H and O–H groups in total. The second-order valence-corrected chi connectivity index (χ2v) is 5.88. The zero-order valence-electron chi connectivity index (χ0n) is 9.61. The number of aromatic nitrogens is 3. The van der Waals surface area contributed by atoms with Gasteiger partial charge in [0, 0.05) is 23.2 Å². The van der Waals surface area contributed by atoms with Crippen LogP contribution in [0.1, 0.15) is 37.4 Å². The molecule has 1 aliphatic rings. The maximum atomic E-state index is 9.21. The van der Waals surface area contributed by atoms with E-state index in [1.165, 1.54) is 0 Å². The number of hydrogen-bond donors (Lipinski definition) is 0. The summed E-state index contributed by atoms with van der Waals surface area (Å²) in [6.45, 7) is 4.30. The van der Waals surface area contributed by atoms with Gasteiger partial charge < -0.3 is 0 Å². The van der Waals surface area contributed by atoms with Crippen LogP contribution < -0.4 is 0 Å². The molecule has 0 fully saturated rings. The first-order chi connectivity index (χ1) is 8.03. The fourth-order valence-corrected chi connectivity index (χ4v) is 3.05. The average Bonchev–Trinajstić information content (AvgIpc) is 2.75. The summed E-state index contributed by atoms with van der Waals surface area (Å²) >= 11 is 3.37. The van der Waals surface area contributed by atoms with Crippen LogP contribution in [0.15, 0.2) is 16.9 Å². The fraction of sp³-hybridized carbons (Fsp3) is 0.417. The second-order valence-electron chi connectivity index (χ2n) is 5.07. The molecule has 0 saturated heterocycles. The Kier molecular flexibility index (Phi) is 2.08. The maximum absolute atomic E-state index is 9.21. The Morgan fingerprint density at radius 2 is 2.35 bits per heavy atom. The number of hydrogen-bond acceptors (Lipinski definition) is 3. The first-order valence-electron chi connectivity index (χ1n) is 5.47. The minimum Gasteiger partial charge on any atom is -0.237 e. The van der Waals surface area contributed by atoms with Gasteiger partial charge in [0.05, 0.1) is 17.7 Å². The Balaban J connectivity index is 2.40. The van der Waals surface area contributed by atoms with Gasteiger partial charge in [0.1, 0.15) is 4.60 Å². The van der Waals surface area contributed by atoms with Crippen LogP contribution in [-0.2, 0) is 5.41 Å². The van der Waals surface area contributed by atoms with Crippen molar-refractivity contribution in [3.05, 3.63) is 28.1 Å². The molecule has 5 heteroatoms. The van der Waals surface area contributed by atoms with Crippen molar-refractivity contribution in [2.45, 2.75) is 31.6 Å². The highest BCUT2D eigenvalue weighted by Gasteiger charge is 2.40. The second kappa shape index (κ2) is 3.30. The largest absolute Gasteiger partial charge is 0.237 e. The van der Waals surface area contributed by atoms with Gasteiger partial charge >= 0.3 is 0 Å². The van der Waals surface area contributed by atoms with E-state index in [0.29, 0.717) is 0 Å². The van der Waals surface area contributed by atoms with E-state index >= 15 is 0 Å². The standard InChI is InChI=1S/C12H11BrN4/c1-12(2)4-7(5-14)8-6-15-10-3-9(13)16-17(10)11(8)12/h3,6-7H,4H2,1-2H3. The molecule has 0 saturated carbocycles. The predicted molar refractivity (Wildman–Crippen MR) is 66.7 cm³/mol. The minimum absolute atomic E-state index is 0.0393. The van der Waals surface area contributed by atoms with Crippen molar-refractivity contribution in [3.8, 4) is 6.07 Å². The highest BCUT2D eigenvalue weighted by atomic mass is 79.9. The van der Waals surface area contributed by atoms with Gasteiger partial charge in [-0.05, 0) is 22.4 Å². The molecule has 4 nitrogen and oxygen atoms in total. The van der Waals surface area contributed by atoms with Crippen LogP contribution in [0.25, 0.3) is 5.65 Å². The Labute approximate surface area is 107 Å². The number of fused-ring (bicyclic) bond motifs is 3. The molecule has 0 radical (unpaired) electrons. The molecule has 0 spiro atoms. The van der Waals surface area contributed by atoms with E-state index in [1.54, 1.807) is 0 Å². The minimum atomic E-state index is -0.0696. The summed E-state index contributed by atoms with van der Waals surface area (Å²) in [5.74, 6) is -0.0696. The van der Waals surface area contributed by atoms with Gasteiger partial charge in [0.15, 0.2) is 5.65 Å². The number of nitriles is 1. The van der Waals surface area contributed by atoms with E-state index in [0.717, 1.165) is 27.9 Å².